The summed E-state index contributed by atoms with van der Waals surface area (Å²) >= 11 is 1.30. The second-order valence-electron chi connectivity index (χ2n) is 12.6. The van der Waals surface area contributed by atoms with E-state index in [0.29, 0.717) is 45.4 Å². The molecule has 0 aliphatic heterocycles. The summed E-state index contributed by atoms with van der Waals surface area (Å²) in [6.07, 6.45) is 1.51. The number of para-hydroxylation sites is 1. The summed E-state index contributed by atoms with van der Waals surface area (Å²) in [7, 11) is 6.23. The molecule has 6 aromatic rings. The van der Waals surface area contributed by atoms with E-state index in [-0.39, 0.29) is 22.9 Å². The zero-order chi connectivity index (χ0) is 40.5. The van der Waals surface area contributed by atoms with Gasteiger partial charge in [0, 0.05) is 23.2 Å². The molecule has 0 aliphatic carbocycles. The van der Waals surface area contributed by atoms with Crippen LogP contribution in [0.25, 0.3) is 11.8 Å². The number of hydrogen-bond donors (Lipinski definition) is 3. The van der Waals surface area contributed by atoms with Crippen LogP contribution in [0.15, 0.2) is 143 Å². The fraction of sp³-hybridized carbons (Fsp3) is 0.136. The number of ether oxygens (including phenoxy) is 3. The van der Waals surface area contributed by atoms with Gasteiger partial charge in [0.25, 0.3) is 17.4 Å². The van der Waals surface area contributed by atoms with Crippen molar-refractivity contribution in [3.63, 3.8) is 0 Å². The number of aromatic nitrogens is 2. The highest BCUT2D eigenvalue weighted by Crippen LogP contribution is 2.39. The predicted molar refractivity (Wildman–Crippen MR) is 222 cm³/mol. The van der Waals surface area contributed by atoms with Crippen LogP contribution in [0, 0.1) is 6.92 Å². The van der Waals surface area contributed by atoms with Gasteiger partial charge in [0.05, 0.1) is 32.7 Å². The van der Waals surface area contributed by atoms with E-state index in [1.807, 2.05) is 60.7 Å². The van der Waals surface area contributed by atoms with Crippen LogP contribution in [0.5, 0.6) is 17.2 Å². The van der Waals surface area contributed by atoms with Crippen LogP contribution in [-0.4, -0.2) is 48.4 Å². The summed E-state index contributed by atoms with van der Waals surface area (Å²) in [5.41, 5.74) is 3.14. The highest BCUT2D eigenvalue weighted by atomic mass is 32.2. The second kappa shape index (κ2) is 18.1. The summed E-state index contributed by atoms with van der Waals surface area (Å²) in [5, 5.41) is 7.79. The van der Waals surface area contributed by atoms with E-state index < -0.39 is 17.1 Å². The Balaban J connectivity index is 1.24. The third-order valence-electron chi connectivity index (χ3n) is 9.04. The molecule has 1 heterocycles. The van der Waals surface area contributed by atoms with Crippen molar-refractivity contribution >= 4 is 46.9 Å². The van der Waals surface area contributed by atoms with Gasteiger partial charge in [-0.2, -0.15) is 0 Å². The lowest BCUT2D eigenvalue weighted by molar-refractivity contribution is -0.116. The molecule has 0 aliphatic rings. The maximum Gasteiger partial charge on any atom is 0.295 e. The van der Waals surface area contributed by atoms with Gasteiger partial charge in [0.15, 0.2) is 11.5 Å². The van der Waals surface area contributed by atoms with Crippen molar-refractivity contribution in [2.45, 2.75) is 17.1 Å². The van der Waals surface area contributed by atoms with Crippen molar-refractivity contribution in [3.05, 3.63) is 166 Å². The number of carbonyl (C=O) groups excluding carboxylic acids is 3. The van der Waals surface area contributed by atoms with Gasteiger partial charge in [-0.15, -0.1) is 11.8 Å². The predicted octanol–water partition coefficient (Wildman–Crippen LogP) is 7.39. The zero-order valence-corrected chi connectivity index (χ0v) is 32.8. The van der Waals surface area contributed by atoms with Crippen LogP contribution in [0.1, 0.15) is 32.4 Å². The molecule has 290 valence electrons. The van der Waals surface area contributed by atoms with Gasteiger partial charge in [0.1, 0.15) is 16.6 Å². The molecule has 13 heteroatoms. The van der Waals surface area contributed by atoms with E-state index in [9.17, 15) is 19.2 Å². The highest BCUT2D eigenvalue weighted by Gasteiger charge is 2.26. The molecule has 1 aromatic heterocycles. The average molecular weight is 784 g/mol. The fourth-order valence-corrected chi connectivity index (χ4v) is 7.07. The number of amides is 3. The van der Waals surface area contributed by atoms with Gasteiger partial charge in [-0.25, -0.2) is 4.68 Å². The molecular formula is C44H41N5O7S. The number of anilines is 2. The Morgan fingerprint density at radius 2 is 1.32 bits per heavy atom. The minimum absolute atomic E-state index is 0.0417. The van der Waals surface area contributed by atoms with Gasteiger partial charge in [-0.05, 0) is 84.8 Å². The summed E-state index contributed by atoms with van der Waals surface area (Å²) < 4.78 is 19.6. The van der Waals surface area contributed by atoms with Crippen LogP contribution >= 0.6 is 11.8 Å². The summed E-state index contributed by atoms with van der Waals surface area (Å²) in [5.74, 6) is -0.319. The first kappa shape index (κ1) is 39.7. The maximum atomic E-state index is 14.0. The first-order valence-electron chi connectivity index (χ1n) is 17.8. The van der Waals surface area contributed by atoms with Crippen molar-refractivity contribution in [1.82, 2.24) is 14.7 Å². The van der Waals surface area contributed by atoms with Gasteiger partial charge in [0.2, 0.25) is 11.7 Å². The number of rotatable bonds is 14. The number of thioether (sulfide) groups is 1. The lowest BCUT2D eigenvalue weighted by Crippen LogP contribution is -2.30. The maximum absolute atomic E-state index is 14.0. The molecule has 0 bridgehead atoms. The van der Waals surface area contributed by atoms with E-state index >= 15 is 0 Å². The van der Waals surface area contributed by atoms with Crippen LogP contribution in [0.2, 0.25) is 0 Å². The summed E-state index contributed by atoms with van der Waals surface area (Å²) in [6.45, 7) is 1.78. The Kier molecular flexibility index (Phi) is 12.6. The molecule has 3 amide bonds. The minimum Gasteiger partial charge on any atom is -0.493 e. The smallest absolute Gasteiger partial charge is 0.295 e. The zero-order valence-electron chi connectivity index (χ0n) is 31.9. The number of nitrogens with one attached hydrogen (secondary N) is 3. The standard InChI is InChI=1S/C44H41N5O7S/c1-28-38(44(53)49(48(28)2)33-19-13-8-14-20-33)47-43(52)40(30-15-9-6-10-16-30)57-34-23-21-32(22-24-34)45-42(51)35(46-41(50)31-17-11-7-12-18-31)25-29-26-36(54-3)39(56-5)37(27-29)55-4/h6-27,40H,1-5H3,(H,45,51)(H,46,50)(H,47,52)/b35-25-. The molecule has 12 nitrogen and oxygen atoms in total. The molecule has 0 saturated heterocycles. The number of carbonyl (C=O) groups is 3. The SMILES string of the molecule is COc1cc(/C=C(\NC(=O)c2ccccc2)C(=O)Nc2ccc(SC(C(=O)Nc3c(C)n(C)n(-c4ccccc4)c3=O)c3ccccc3)cc2)cc(OC)c1OC. The second-order valence-corrected chi connectivity index (χ2v) is 13.8. The summed E-state index contributed by atoms with van der Waals surface area (Å²) in [4.78, 5) is 55.4. The molecule has 6 rings (SSSR count). The third-order valence-corrected chi connectivity index (χ3v) is 10.3. The Morgan fingerprint density at radius 1 is 0.737 bits per heavy atom. The van der Waals surface area contributed by atoms with Gasteiger partial charge in [-0.3, -0.25) is 23.9 Å². The lowest BCUT2D eigenvalue weighted by Gasteiger charge is -2.17. The summed E-state index contributed by atoms with van der Waals surface area (Å²) in [6, 6.07) is 37.3. The van der Waals surface area contributed by atoms with Crippen molar-refractivity contribution in [2.75, 3.05) is 32.0 Å². The van der Waals surface area contributed by atoms with E-state index in [1.165, 1.54) is 43.8 Å². The first-order valence-corrected chi connectivity index (χ1v) is 18.7. The van der Waals surface area contributed by atoms with Crippen molar-refractivity contribution in [1.29, 1.82) is 0 Å². The van der Waals surface area contributed by atoms with E-state index in [0.717, 1.165) is 10.5 Å². The van der Waals surface area contributed by atoms with Crippen LogP contribution < -0.4 is 35.7 Å². The van der Waals surface area contributed by atoms with Gasteiger partial charge in [-0.1, -0.05) is 66.7 Å². The molecule has 57 heavy (non-hydrogen) atoms. The Hall–Kier alpha value is -6.99. The number of methoxy groups -OCH3 is 3. The Morgan fingerprint density at radius 3 is 1.89 bits per heavy atom. The topological polar surface area (TPSA) is 142 Å². The highest BCUT2D eigenvalue weighted by molar-refractivity contribution is 8.00. The van der Waals surface area contributed by atoms with E-state index in [4.69, 9.17) is 14.2 Å². The number of benzene rings is 5. The molecule has 3 N–H and O–H groups in total. The Labute approximate surface area is 334 Å². The van der Waals surface area contributed by atoms with Crippen molar-refractivity contribution < 1.29 is 28.6 Å². The van der Waals surface area contributed by atoms with Gasteiger partial charge >= 0.3 is 0 Å². The molecule has 0 fully saturated rings. The molecule has 0 radical (unpaired) electrons. The number of nitrogens with zero attached hydrogens (tertiary/aromatic N) is 2. The van der Waals surface area contributed by atoms with Crippen molar-refractivity contribution in [2.24, 2.45) is 7.05 Å². The molecule has 0 spiro atoms. The lowest BCUT2D eigenvalue weighted by atomic mass is 10.1. The molecule has 1 atom stereocenters. The average Bonchev–Trinajstić information content (AvgIpc) is 3.45. The van der Waals surface area contributed by atoms with Crippen LogP contribution in [0.4, 0.5) is 11.4 Å². The van der Waals surface area contributed by atoms with Gasteiger partial charge < -0.3 is 30.2 Å². The van der Waals surface area contributed by atoms with E-state index in [1.54, 1.807) is 85.4 Å². The van der Waals surface area contributed by atoms with E-state index in [2.05, 4.69) is 16.0 Å². The molecule has 0 saturated carbocycles. The van der Waals surface area contributed by atoms with Crippen molar-refractivity contribution in [3.8, 4) is 22.9 Å². The minimum atomic E-state index is -0.725. The molecular weight excluding hydrogens is 743 g/mol. The third kappa shape index (κ3) is 9.11. The van der Waals surface area contributed by atoms with Crippen LogP contribution in [0.3, 0.4) is 0 Å². The molecule has 1 unspecified atom stereocenters. The quantitative estimate of drug-likeness (QED) is 0.0768. The normalized spacial score (nSPS) is 11.6. The monoisotopic (exact) mass is 783 g/mol. The number of hydrogen-bond acceptors (Lipinski definition) is 8. The largest absolute Gasteiger partial charge is 0.493 e. The first-order chi connectivity index (χ1) is 27.6. The molecule has 5 aromatic carbocycles. The fourth-order valence-electron chi connectivity index (χ4n) is 6.05. The van der Waals surface area contributed by atoms with Crippen LogP contribution in [-0.2, 0) is 16.6 Å². The Bertz CT molecular complexity index is 2440.